The van der Waals surface area contributed by atoms with Crippen LogP contribution in [-0.4, -0.2) is 19.9 Å². The van der Waals surface area contributed by atoms with Gasteiger partial charge < -0.3 is 0 Å². The topological polar surface area (TPSA) is 34.1 Å². The molecule has 4 heteroatoms. The highest BCUT2D eigenvalue weighted by Gasteiger charge is 2.19. The quantitative estimate of drug-likeness (QED) is 0.720. The molecule has 1 aliphatic rings. The molecular weight excluding hydrogens is 347 g/mol. The van der Waals surface area contributed by atoms with E-state index in [0.29, 0.717) is 6.42 Å². The molecule has 1 aliphatic heterocycles. The van der Waals surface area contributed by atoms with E-state index in [1.807, 2.05) is 6.08 Å². The molecule has 0 bridgehead atoms. The molecule has 0 radical (unpaired) electrons. The summed E-state index contributed by atoms with van der Waals surface area (Å²) in [6.45, 7) is 4.18. The number of benzene rings is 1. The van der Waals surface area contributed by atoms with Gasteiger partial charge in [-0.2, -0.15) is 0 Å². The first-order valence-corrected chi connectivity index (χ1v) is 8.45. The van der Waals surface area contributed by atoms with Gasteiger partial charge in [0.2, 0.25) is 0 Å². The fraction of sp³-hybridized carbons (Fsp3) is 0.385. The Balaban J connectivity index is 2.46. The largest absolute Gasteiger partial charge is 0.229 e. The predicted molar refractivity (Wildman–Crippen MR) is 79.9 cm³/mol. The van der Waals surface area contributed by atoms with Crippen LogP contribution in [0.15, 0.2) is 18.2 Å². The van der Waals surface area contributed by atoms with Crippen molar-refractivity contribution >= 4 is 38.0 Å². The summed E-state index contributed by atoms with van der Waals surface area (Å²) in [5, 5.41) is 0. The van der Waals surface area contributed by atoms with Gasteiger partial charge in [-0.25, -0.2) is 8.42 Å². The fourth-order valence-corrected chi connectivity index (χ4v) is 4.41. The lowest BCUT2D eigenvalue weighted by Crippen LogP contribution is -2.15. The Morgan fingerprint density at radius 3 is 2.24 bits per heavy atom. The van der Waals surface area contributed by atoms with Crippen LogP contribution in [0, 0.1) is 17.4 Å². The Labute approximate surface area is 116 Å². The molecule has 92 valence electrons. The normalized spacial score (nSPS) is 18.9. The molecular formula is C13H15IO2S. The second-order valence-electron chi connectivity index (χ2n) is 4.51. The lowest BCUT2D eigenvalue weighted by molar-refractivity contribution is 0.597. The number of allylic oxidation sites excluding steroid dienone is 1. The lowest BCUT2D eigenvalue weighted by Gasteiger charge is -2.18. The molecule has 0 aliphatic carbocycles. The number of aryl methyl sites for hydroxylation is 2. The van der Waals surface area contributed by atoms with Crippen LogP contribution in [0.2, 0.25) is 0 Å². The third-order valence-electron chi connectivity index (χ3n) is 3.08. The summed E-state index contributed by atoms with van der Waals surface area (Å²) in [6.07, 6.45) is 2.52. The van der Waals surface area contributed by atoms with E-state index in [2.05, 4.69) is 48.6 Å². The molecule has 1 aromatic rings. The Morgan fingerprint density at radius 2 is 1.76 bits per heavy atom. The van der Waals surface area contributed by atoms with Gasteiger partial charge in [0.1, 0.15) is 0 Å². The molecule has 1 heterocycles. The standard InChI is InChI=1S/C13H15IO2S/c1-9-7-12(14)8-10(2)13(9)11-3-5-17(15,16)6-4-11/h3,7-8H,4-6H2,1-2H3. The number of halogens is 1. The van der Waals surface area contributed by atoms with E-state index < -0.39 is 9.84 Å². The Morgan fingerprint density at radius 1 is 1.18 bits per heavy atom. The highest BCUT2D eigenvalue weighted by Crippen LogP contribution is 2.30. The van der Waals surface area contributed by atoms with Crippen molar-refractivity contribution in [3.63, 3.8) is 0 Å². The Kier molecular flexibility index (Phi) is 3.63. The number of hydrogen-bond donors (Lipinski definition) is 0. The van der Waals surface area contributed by atoms with E-state index in [4.69, 9.17) is 0 Å². The molecule has 0 saturated heterocycles. The van der Waals surface area contributed by atoms with Gasteiger partial charge in [0.25, 0.3) is 0 Å². The third-order valence-corrected chi connectivity index (χ3v) is 5.21. The Bertz CT molecular complexity index is 562. The van der Waals surface area contributed by atoms with Gasteiger partial charge >= 0.3 is 0 Å². The SMILES string of the molecule is Cc1cc(I)cc(C)c1C1=CCS(=O)(=O)CC1. The third kappa shape index (κ3) is 2.91. The molecule has 2 rings (SSSR count). The van der Waals surface area contributed by atoms with Crippen LogP contribution in [0.4, 0.5) is 0 Å². The smallest absolute Gasteiger partial charge is 0.154 e. The highest BCUT2D eigenvalue weighted by atomic mass is 127. The van der Waals surface area contributed by atoms with E-state index >= 15 is 0 Å². The molecule has 17 heavy (non-hydrogen) atoms. The first kappa shape index (κ1) is 13.1. The van der Waals surface area contributed by atoms with Crippen LogP contribution in [0.5, 0.6) is 0 Å². The van der Waals surface area contributed by atoms with Crippen LogP contribution in [0.3, 0.4) is 0 Å². The molecule has 0 aromatic heterocycles. The second kappa shape index (κ2) is 4.72. The van der Waals surface area contributed by atoms with Crippen molar-refractivity contribution in [3.8, 4) is 0 Å². The number of hydrogen-bond acceptors (Lipinski definition) is 2. The van der Waals surface area contributed by atoms with Crippen LogP contribution < -0.4 is 0 Å². The average Bonchev–Trinajstić information content (AvgIpc) is 2.19. The van der Waals surface area contributed by atoms with E-state index in [-0.39, 0.29) is 11.5 Å². The maximum atomic E-state index is 11.4. The number of rotatable bonds is 1. The summed E-state index contributed by atoms with van der Waals surface area (Å²) in [5.41, 5.74) is 4.89. The second-order valence-corrected chi connectivity index (χ2v) is 7.98. The van der Waals surface area contributed by atoms with Crippen LogP contribution in [-0.2, 0) is 9.84 Å². The Hall–Kier alpha value is -0.360. The van der Waals surface area contributed by atoms with Crippen molar-refractivity contribution in [2.75, 3.05) is 11.5 Å². The van der Waals surface area contributed by atoms with Crippen LogP contribution in [0.25, 0.3) is 5.57 Å². The van der Waals surface area contributed by atoms with Gasteiger partial charge in [-0.15, -0.1) is 0 Å². The van der Waals surface area contributed by atoms with E-state index in [1.165, 1.54) is 25.8 Å². The zero-order valence-corrected chi connectivity index (χ0v) is 12.9. The molecule has 2 nitrogen and oxygen atoms in total. The lowest BCUT2D eigenvalue weighted by atomic mass is 9.94. The van der Waals surface area contributed by atoms with Gasteiger partial charge in [-0.3, -0.25) is 0 Å². The summed E-state index contributed by atoms with van der Waals surface area (Å²) in [7, 11) is -2.84. The molecule has 0 spiro atoms. The van der Waals surface area contributed by atoms with Gasteiger partial charge in [0, 0.05) is 3.57 Å². The van der Waals surface area contributed by atoms with Crippen molar-refractivity contribution < 1.29 is 8.42 Å². The summed E-state index contributed by atoms with van der Waals surface area (Å²) >= 11 is 2.31. The van der Waals surface area contributed by atoms with E-state index in [1.54, 1.807) is 0 Å². The minimum Gasteiger partial charge on any atom is -0.229 e. The summed E-state index contributed by atoms with van der Waals surface area (Å²) in [5.74, 6) is 0.469. The van der Waals surface area contributed by atoms with Crippen molar-refractivity contribution in [1.29, 1.82) is 0 Å². The van der Waals surface area contributed by atoms with Crippen LogP contribution in [0.1, 0.15) is 23.1 Å². The van der Waals surface area contributed by atoms with Crippen LogP contribution >= 0.6 is 22.6 Å². The van der Waals surface area contributed by atoms with Crippen molar-refractivity contribution in [2.45, 2.75) is 20.3 Å². The molecule has 0 saturated carbocycles. The minimum absolute atomic E-state index is 0.188. The van der Waals surface area contributed by atoms with Gasteiger partial charge in [0.15, 0.2) is 9.84 Å². The van der Waals surface area contributed by atoms with Gasteiger partial charge in [0.05, 0.1) is 11.5 Å². The average molecular weight is 362 g/mol. The molecule has 0 atom stereocenters. The summed E-state index contributed by atoms with van der Waals surface area (Å²) in [6, 6.07) is 4.29. The fourth-order valence-electron chi connectivity index (χ4n) is 2.32. The van der Waals surface area contributed by atoms with Crippen molar-refractivity contribution in [2.24, 2.45) is 0 Å². The molecule has 1 aromatic carbocycles. The predicted octanol–water partition coefficient (Wildman–Crippen LogP) is 3.11. The maximum Gasteiger partial charge on any atom is 0.154 e. The zero-order valence-electron chi connectivity index (χ0n) is 9.96. The monoisotopic (exact) mass is 362 g/mol. The minimum atomic E-state index is -2.84. The highest BCUT2D eigenvalue weighted by molar-refractivity contribution is 14.1. The van der Waals surface area contributed by atoms with E-state index in [0.717, 1.165) is 0 Å². The van der Waals surface area contributed by atoms with E-state index in [9.17, 15) is 8.42 Å². The zero-order chi connectivity index (χ0) is 12.6. The molecule has 0 N–H and O–H groups in total. The van der Waals surface area contributed by atoms with Crippen molar-refractivity contribution in [3.05, 3.63) is 38.5 Å². The maximum absolute atomic E-state index is 11.4. The summed E-state index contributed by atoms with van der Waals surface area (Å²) < 4.78 is 24.0. The van der Waals surface area contributed by atoms with Gasteiger partial charge in [-0.05, 0) is 77.3 Å². The molecule has 0 amide bonds. The van der Waals surface area contributed by atoms with Crippen molar-refractivity contribution in [1.82, 2.24) is 0 Å². The molecule has 0 fully saturated rings. The van der Waals surface area contributed by atoms with Gasteiger partial charge in [-0.1, -0.05) is 6.08 Å². The molecule has 0 unspecified atom stereocenters. The number of sulfone groups is 1. The summed E-state index contributed by atoms with van der Waals surface area (Å²) in [4.78, 5) is 0. The first-order valence-electron chi connectivity index (χ1n) is 5.55. The first-order chi connectivity index (χ1) is 7.89.